The average Bonchev–Trinajstić information content (AvgIpc) is 3.34. The number of carbonyl (C=O) groups excluding carboxylic acids is 1. The van der Waals surface area contributed by atoms with E-state index in [9.17, 15) is 18.0 Å². The van der Waals surface area contributed by atoms with Crippen LogP contribution < -0.4 is 4.90 Å². The van der Waals surface area contributed by atoms with Gasteiger partial charge in [-0.15, -0.1) is 16.4 Å². The molecule has 0 aliphatic carbocycles. The summed E-state index contributed by atoms with van der Waals surface area (Å²) in [7, 11) is 0. The molecule has 3 aromatic rings. The molecule has 0 atom stereocenters. The van der Waals surface area contributed by atoms with E-state index in [1.807, 2.05) is 5.38 Å². The molecule has 29 heavy (non-hydrogen) atoms. The summed E-state index contributed by atoms with van der Waals surface area (Å²) in [5.74, 6) is -1.46. The second-order valence-corrected chi connectivity index (χ2v) is 7.64. The molecule has 1 saturated heterocycles. The second kappa shape index (κ2) is 7.25. The molecule has 12 heteroatoms. The predicted octanol–water partition coefficient (Wildman–Crippen LogP) is 2.11. The number of rotatable bonds is 3. The van der Waals surface area contributed by atoms with Gasteiger partial charge in [0.15, 0.2) is 5.13 Å². The summed E-state index contributed by atoms with van der Waals surface area (Å²) in [4.78, 5) is 28.6. The highest BCUT2D eigenvalue weighted by Gasteiger charge is 2.37. The number of anilines is 1. The maximum atomic E-state index is 12.9. The van der Waals surface area contributed by atoms with E-state index in [0.29, 0.717) is 43.1 Å². The topological polar surface area (TPSA) is 79.5 Å². The van der Waals surface area contributed by atoms with Crippen LogP contribution in [0.15, 0.2) is 11.6 Å². The van der Waals surface area contributed by atoms with Crippen molar-refractivity contribution >= 4 is 28.2 Å². The van der Waals surface area contributed by atoms with Gasteiger partial charge in [-0.1, -0.05) is 0 Å². The molecule has 154 valence electrons. The third-order valence-corrected chi connectivity index (χ3v) is 5.78. The van der Waals surface area contributed by atoms with Crippen molar-refractivity contribution in [2.45, 2.75) is 26.4 Å². The smallest absolute Gasteiger partial charge is 0.345 e. The summed E-state index contributed by atoms with van der Waals surface area (Å²) < 4.78 is 39.8. The first-order chi connectivity index (χ1) is 13.7. The van der Waals surface area contributed by atoms with Crippen LogP contribution in [0.25, 0.3) is 5.78 Å². The van der Waals surface area contributed by atoms with Crippen molar-refractivity contribution in [2.75, 3.05) is 31.1 Å². The van der Waals surface area contributed by atoms with Gasteiger partial charge in [-0.05, 0) is 13.8 Å². The van der Waals surface area contributed by atoms with E-state index in [-0.39, 0.29) is 18.1 Å². The van der Waals surface area contributed by atoms with Gasteiger partial charge in [-0.25, -0.2) is 14.5 Å². The number of hydrogen-bond donors (Lipinski definition) is 0. The van der Waals surface area contributed by atoms with E-state index in [4.69, 9.17) is 0 Å². The number of aryl methyl sites for hydroxylation is 2. The molecule has 1 aliphatic rings. The summed E-state index contributed by atoms with van der Waals surface area (Å²) in [6, 6.07) is 0. The molecule has 0 spiro atoms. The molecule has 0 bridgehead atoms. The van der Waals surface area contributed by atoms with Gasteiger partial charge in [0.05, 0.1) is 6.42 Å². The molecule has 8 nitrogen and oxygen atoms in total. The number of alkyl halides is 3. The second-order valence-electron chi connectivity index (χ2n) is 6.77. The van der Waals surface area contributed by atoms with E-state index in [1.54, 1.807) is 36.3 Å². The Morgan fingerprint density at radius 3 is 2.52 bits per heavy atom. The first-order valence-electron chi connectivity index (χ1n) is 8.96. The zero-order valence-corrected chi connectivity index (χ0v) is 16.6. The average molecular weight is 425 g/mol. The van der Waals surface area contributed by atoms with Crippen molar-refractivity contribution in [1.82, 2.24) is 29.5 Å². The summed E-state index contributed by atoms with van der Waals surface area (Å²) in [6.07, 6.45) is -2.85. The molecule has 0 saturated carbocycles. The Labute approximate surface area is 168 Å². The van der Waals surface area contributed by atoms with Crippen LogP contribution in [0.5, 0.6) is 0 Å². The largest absolute Gasteiger partial charge is 0.453 e. The maximum absolute atomic E-state index is 12.9. The van der Waals surface area contributed by atoms with Gasteiger partial charge < -0.3 is 9.80 Å². The van der Waals surface area contributed by atoms with Crippen LogP contribution in [0.1, 0.15) is 22.8 Å². The maximum Gasteiger partial charge on any atom is 0.453 e. The summed E-state index contributed by atoms with van der Waals surface area (Å²) in [5.41, 5.74) is 1.49. The van der Waals surface area contributed by atoms with E-state index in [2.05, 4.69) is 25.0 Å². The van der Waals surface area contributed by atoms with Crippen molar-refractivity contribution in [3.63, 3.8) is 0 Å². The normalized spacial score (nSPS) is 15.3. The number of nitrogens with zero attached hydrogens (tertiary/aromatic N) is 7. The van der Waals surface area contributed by atoms with Gasteiger partial charge in [0.2, 0.25) is 5.91 Å². The lowest BCUT2D eigenvalue weighted by Gasteiger charge is -2.34. The van der Waals surface area contributed by atoms with Crippen LogP contribution in [0.4, 0.5) is 18.3 Å². The van der Waals surface area contributed by atoms with Crippen molar-refractivity contribution in [3.8, 4) is 0 Å². The molecule has 0 aromatic carbocycles. The van der Waals surface area contributed by atoms with Gasteiger partial charge in [0.1, 0.15) is 0 Å². The van der Waals surface area contributed by atoms with Gasteiger partial charge >= 0.3 is 6.18 Å². The monoisotopic (exact) mass is 425 g/mol. The van der Waals surface area contributed by atoms with Crippen molar-refractivity contribution in [2.24, 2.45) is 0 Å². The van der Waals surface area contributed by atoms with E-state index >= 15 is 0 Å². The Morgan fingerprint density at radius 1 is 1.17 bits per heavy atom. The highest BCUT2D eigenvalue weighted by atomic mass is 32.1. The number of halogens is 3. The highest BCUT2D eigenvalue weighted by molar-refractivity contribution is 7.13. The zero-order chi connectivity index (χ0) is 20.8. The van der Waals surface area contributed by atoms with Gasteiger partial charge in [-0.2, -0.15) is 18.2 Å². The minimum atomic E-state index is -4.65. The van der Waals surface area contributed by atoms with Crippen LogP contribution in [0.2, 0.25) is 0 Å². The van der Waals surface area contributed by atoms with Crippen LogP contribution >= 0.6 is 11.3 Å². The Morgan fingerprint density at radius 2 is 1.90 bits per heavy atom. The Hall–Kier alpha value is -2.76. The third-order valence-electron chi connectivity index (χ3n) is 4.95. The van der Waals surface area contributed by atoms with E-state index in [0.717, 1.165) is 9.65 Å². The Kier molecular flexibility index (Phi) is 4.89. The number of thiazole rings is 1. The molecule has 0 N–H and O–H groups in total. The highest BCUT2D eigenvalue weighted by Crippen LogP contribution is 2.27. The Bertz CT molecular complexity index is 1040. The number of amides is 1. The Balaban J connectivity index is 1.51. The number of piperazine rings is 1. The SMILES string of the molecule is Cc1nc2nc(C(F)(F)F)nn2c(C)c1CC(=O)N1CCN(c2nccs2)CC1. The van der Waals surface area contributed by atoms with E-state index in [1.165, 1.54) is 0 Å². The number of aromatic nitrogens is 5. The van der Waals surface area contributed by atoms with Crippen LogP contribution in [-0.2, 0) is 17.4 Å². The first kappa shape index (κ1) is 19.6. The molecule has 1 fully saturated rings. The molecule has 4 rings (SSSR count). The number of fused-ring (bicyclic) bond motifs is 1. The molecule has 3 aromatic heterocycles. The quantitative estimate of drug-likeness (QED) is 0.640. The predicted molar refractivity (Wildman–Crippen MR) is 99.9 cm³/mol. The zero-order valence-electron chi connectivity index (χ0n) is 15.8. The van der Waals surface area contributed by atoms with E-state index < -0.39 is 12.0 Å². The minimum Gasteiger partial charge on any atom is -0.345 e. The lowest BCUT2D eigenvalue weighted by molar-refractivity contribution is -0.144. The fourth-order valence-corrected chi connectivity index (χ4v) is 4.06. The lowest BCUT2D eigenvalue weighted by atomic mass is 10.1. The summed E-state index contributed by atoms with van der Waals surface area (Å²) in [5, 5.41) is 6.37. The minimum absolute atomic E-state index is 0.0546. The molecular formula is C17H18F3N7OS. The van der Waals surface area contributed by atoms with Crippen LogP contribution in [0, 0.1) is 13.8 Å². The molecule has 0 radical (unpaired) electrons. The molecule has 1 aliphatic heterocycles. The number of carbonyl (C=O) groups is 1. The fourth-order valence-electron chi connectivity index (χ4n) is 3.37. The van der Waals surface area contributed by atoms with Crippen molar-refractivity contribution < 1.29 is 18.0 Å². The van der Waals surface area contributed by atoms with Crippen molar-refractivity contribution in [3.05, 3.63) is 34.4 Å². The first-order valence-corrected chi connectivity index (χ1v) is 9.84. The van der Waals surface area contributed by atoms with Gasteiger partial charge in [0.25, 0.3) is 11.6 Å². The number of hydrogen-bond acceptors (Lipinski definition) is 7. The fraction of sp³-hybridized carbons (Fsp3) is 0.471. The molecule has 0 unspecified atom stereocenters. The van der Waals surface area contributed by atoms with Crippen LogP contribution in [-0.4, -0.2) is 61.6 Å². The van der Waals surface area contributed by atoms with Gasteiger partial charge in [-0.3, -0.25) is 4.79 Å². The molecular weight excluding hydrogens is 407 g/mol. The van der Waals surface area contributed by atoms with Crippen LogP contribution in [0.3, 0.4) is 0 Å². The summed E-state index contributed by atoms with van der Waals surface area (Å²) in [6.45, 7) is 5.79. The molecule has 1 amide bonds. The standard InChI is InChI=1S/C17H18F3N7OS/c1-10-12(11(2)27-15(22-10)23-14(24-27)17(18,19)20)9-13(28)25-4-6-26(7-5-25)16-21-3-8-29-16/h3,8H,4-7,9H2,1-2H3. The summed E-state index contributed by atoms with van der Waals surface area (Å²) >= 11 is 1.56. The van der Waals surface area contributed by atoms with Crippen molar-refractivity contribution in [1.29, 1.82) is 0 Å². The molecule has 4 heterocycles. The third kappa shape index (κ3) is 3.76. The van der Waals surface area contributed by atoms with Gasteiger partial charge in [0, 0.05) is 54.7 Å². The lowest BCUT2D eigenvalue weighted by Crippen LogP contribution is -2.49.